The molecule has 1 aromatic rings. The second-order valence-corrected chi connectivity index (χ2v) is 4.93. The lowest BCUT2D eigenvalue weighted by atomic mass is 9.85. The van der Waals surface area contributed by atoms with E-state index in [9.17, 15) is 0 Å². The monoisotopic (exact) mass is 234 g/mol. The highest BCUT2D eigenvalue weighted by atomic mass is 15.2. The van der Waals surface area contributed by atoms with Gasteiger partial charge in [0.2, 0.25) is 5.95 Å². The lowest BCUT2D eigenvalue weighted by Gasteiger charge is -2.37. The smallest absolute Gasteiger partial charge is 0.224 e. The van der Waals surface area contributed by atoms with Crippen LogP contribution in [0.25, 0.3) is 0 Å². The molecule has 0 aromatic carbocycles. The Morgan fingerprint density at radius 3 is 2.82 bits per heavy atom. The van der Waals surface area contributed by atoms with E-state index in [0.717, 1.165) is 11.7 Å². The molecular weight excluding hydrogens is 212 g/mol. The third-order valence-corrected chi connectivity index (χ3v) is 3.79. The van der Waals surface area contributed by atoms with Crippen LogP contribution in [0.5, 0.6) is 0 Å². The van der Waals surface area contributed by atoms with Gasteiger partial charge in [-0.05, 0) is 24.8 Å². The minimum atomic E-state index is 0.614. The fourth-order valence-corrected chi connectivity index (χ4v) is 2.71. The van der Waals surface area contributed by atoms with Crippen LogP contribution in [0, 0.1) is 5.92 Å². The summed E-state index contributed by atoms with van der Waals surface area (Å²) in [6, 6.07) is 2.60. The number of aromatic nitrogens is 2. The zero-order valence-electron chi connectivity index (χ0n) is 11.0. The van der Waals surface area contributed by atoms with Crippen molar-refractivity contribution in [2.24, 2.45) is 5.92 Å². The SMILES string of the molecule is CNc1nccc(N(C)C2CCCCC2C)n1. The summed E-state index contributed by atoms with van der Waals surface area (Å²) in [7, 11) is 4.00. The molecule has 1 aliphatic rings. The molecule has 0 saturated heterocycles. The maximum atomic E-state index is 4.50. The molecule has 1 N–H and O–H groups in total. The number of rotatable bonds is 3. The first-order valence-electron chi connectivity index (χ1n) is 6.46. The van der Waals surface area contributed by atoms with Gasteiger partial charge in [0, 0.05) is 26.3 Å². The minimum Gasteiger partial charge on any atom is -0.357 e. The van der Waals surface area contributed by atoms with Crippen LogP contribution in [-0.4, -0.2) is 30.1 Å². The molecule has 4 nitrogen and oxygen atoms in total. The van der Waals surface area contributed by atoms with E-state index < -0.39 is 0 Å². The Kier molecular flexibility index (Phi) is 3.82. The average molecular weight is 234 g/mol. The van der Waals surface area contributed by atoms with Gasteiger partial charge in [0.15, 0.2) is 0 Å². The zero-order valence-corrected chi connectivity index (χ0v) is 11.0. The first-order valence-corrected chi connectivity index (χ1v) is 6.46. The van der Waals surface area contributed by atoms with Crippen LogP contribution in [0.4, 0.5) is 11.8 Å². The molecule has 0 spiro atoms. The van der Waals surface area contributed by atoms with Gasteiger partial charge in [0.25, 0.3) is 0 Å². The summed E-state index contributed by atoms with van der Waals surface area (Å²) in [6.45, 7) is 2.35. The second-order valence-electron chi connectivity index (χ2n) is 4.93. The number of hydrogen-bond donors (Lipinski definition) is 1. The van der Waals surface area contributed by atoms with E-state index in [2.05, 4.69) is 34.2 Å². The van der Waals surface area contributed by atoms with Crippen molar-refractivity contribution in [3.63, 3.8) is 0 Å². The largest absolute Gasteiger partial charge is 0.357 e. The maximum absolute atomic E-state index is 4.50. The summed E-state index contributed by atoms with van der Waals surface area (Å²) in [4.78, 5) is 11.0. The van der Waals surface area contributed by atoms with E-state index >= 15 is 0 Å². The lowest BCUT2D eigenvalue weighted by Crippen LogP contribution is -2.39. The Labute approximate surface area is 103 Å². The van der Waals surface area contributed by atoms with E-state index in [1.54, 1.807) is 0 Å². The van der Waals surface area contributed by atoms with Gasteiger partial charge in [-0.15, -0.1) is 0 Å². The predicted octanol–water partition coefficient (Wildman–Crippen LogP) is 2.53. The summed E-state index contributed by atoms with van der Waals surface area (Å²) in [5.74, 6) is 2.46. The quantitative estimate of drug-likeness (QED) is 0.872. The van der Waals surface area contributed by atoms with Crippen LogP contribution in [0.15, 0.2) is 12.3 Å². The van der Waals surface area contributed by atoms with Gasteiger partial charge in [-0.2, -0.15) is 4.98 Å². The van der Waals surface area contributed by atoms with Gasteiger partial charge in [-0.1, -0.05) is 19.8 Å². The van der Waals surface area contributed by atoms with Crippen molar-refractivity contribution < 1.29 is 0 Å². The molecule has 1 saturated carbocycles. The third-order valence-electron chi connectivity index (χ3n) is 3.79. The molecule has 1 aromatic heterocycles. The third kappa shape index (κ3) is 2.68. The van der Waals surface area contributed by atoms with Gasteiger partial charge in [-0.3, -0.25) is 0 Å². The predicted molar refractivity (Wildman–Crippen MR) is 71.4 cm³/mol. The number of nitrogens with zero attached hydrogens (tertiary/aromatic N) is 3. The van der Waals surface area contributed by atoms with Crippen LogP contribution in [0.2, 0.25) is 0 Å². The first kappa shape index (κ1) is 12.1. The van der Waals surface area contributed by atoms with Crippen molar-refractivity contribution >= 4 is 11.8 Å². The summed E-state index contributed by atoms with van der Waals surface area (Å²) in [6.07, 6.45) is 7.13. The highest BCUT2D eigenvalue weighted by Crippen LogP contribution is 2.29. The maximum Gasteiger partial charge on any atom is 0.224 e. The van der Waals surface area contributed by atoms with Gasteiger partial charge in [0.1, 0.15) is 5.82 Å². The minimum absolute atomic E-state index is 0.614. The van der Waals surface area contributed by atoms with Gasteiger partial charge < -0.3 is 10.2 Å². The van der Waals surface area contributed by atoms with E-state index in [0.29, 0.717) is 12.0 Å². The topological polar surface area (TPSA) is 41.1 Å². The molecule has 2 atom stereocenters. The number of hydrogen-bond acceptors (Lipinski definition) is 4. The number of anilines is 2. The molecule has 0 radical (unpaired) electrons. The molecule has 0 amide bonds. The Hall–Kier alpha value is -1.32. The Bertz CT molecular complexity index is 366. The Morgan fingerprint density at radius 1 is 1.35 bits per heavy atom. The van der Waals surface area contributed by atoms with Crippen LogP contribution in [0.3, 0.4) is 0 Å². The van der Waals surface area contributed by atoms with Crippen molar-refractivity contribution in [1.29, 1.82) is 0 Å². The molecule has 2 rings (SSSR count). The molecule has 4 heteroatoms. The molecule has 1 fully saturated rings. The number of nitrogens with one attached hydrogen (secondary N) is 1. The second kappa shape index (κ2) is 5.34. The molecular formula is C13H22N4. The average Bonchev–Trinajstić information content (AvgIpc) is 2.38. The fourth-order valence-electron chi connectivity index (χ4n) is 2.71. The highest BCUT2D eigenvalue weighted by Gasteiger charge is 2.25. The normalized spacial score (nSPS) is 24.4. The van der Waals surface area contributed by atoms with Gasteiger partial charge >= 0.3 is 0 Å². The summed E-state index contributed by atoms with van der Waals surface area (Å²) in [5, 5.41) is 2.99. The zero-order chi connectivity index (χ0) is 12.3. The van der Waals surface area contributed by atoms with Crippen molar-refractivity contribution in [3.05, 3.63) is 12.3 Å². The van der Waals surface area contributed by atoms with E-state index in [1.807, 2.05) is 19.3 Å². The lowest BCUT2D eigenvalue weighted by molar-refractivity contribution is 0.320. The van der Waals surface area contributed by atoms with Crippen LogP contribution >= 0.6 is 0 Å². The van der Waals surface area contributed by atoms with Gasteiger partial charge in [0.05, 0.1) is 0 Å². The molecule has 0 aliphatic heterocycles. The Balaban J connectivity index is 2.14. The van der Waals surface area contributed by atoms with E-state index in [1.165, 1.54) is 25.7 Å². The van der Waals surface area contributed by atoms with Gasteiger partial charge in [-0.25, -0.2) is 4.98 Å². The highest BCUT2D eigenvalue weighted by molar-refractivity contribution is 5.42. The van der Waals surface area contributed by atoms with E-state index in [-0.39, 0.29) is 0 Å². The van der Waals surface area contributed by atoms with Crippen LogP contribution in [-0.2, 0) is 0 Å². The fraction of sp³-hybridized carbons (Fsp3) is 0.692. The molecule has 0 bridgehead atoms. The summed E-state index contributed by atoms with van der Waals surface area (Å²) < 4.78 is 0. The van der Waals surface area contributed by atoms with Crippen molar-refractivity contribution in [1.82, 2.24) is 9.97 Å². The molecule has 2 unspecified atom stereocenters. The Morgan fingerprint density at radius 2 is 2.12 bits per heavy atom. The summed E-state index contributed by atoms with van der Waals surface area (Å²) in [5.41, 5.74) is 0. The summed E-state index contributed by atoms with van der Waals surface area (Å²) >= 11 is 0. The van der Waals surface area contributed by atoms with Crippen molar-refractivity contribution in [2.75, 3.05) is 24.3 Å². The standard InChI is InChI=1S/C13H22N4/c1-10-6-4-5-7-11(10)17(3)12-8-9-15-13(14-2)16-12/h8-11H,4-7H2,1-3H3,(H,14,15,16). The molecule has 94 valence electrons. The van der Waals surface area contributed by atoms with Crippen LogP contribution < -0.4 is 10.2 Å². The molecule has 17 heavy (non-hydrogen) atoms. The van der Waals surface area contributed by atoms with Crippen molar-refractivity contribution in [3.8, 4) is 0 Å². The van der Waals surface area contributed by atoms with E-state index in [4.69, 9.17) is 0 Å². The van der Waals surface area contributed by atoms with Crippen LogP contribution in [0.1, 0.15) is 32.6 Å². The molecule has 1 aliphatic carbocycles. The molecule has 1 heterocycles. The van der Waals surface area contributed by atoms with Crippen molar-refractivity contribution in [2.45, 2.75) is 38.6 Å². The first-order chi connectivity index (χ1) is 8.22.